The summed E-state index contributed by atoms with van der Waals surface area (Å²) in [5, 5.41) is 8.61. The van der Waals surface area contributed by atoms with Crippen molar-refractivity contribution in [2.24, 2.45) is 5.92 Å². The third-order valence-electron chi connectivity index (χ3n) is 2.64. The van der Waals surface area contributed by atoms with Gasteiger partial charge in [0.05, 0.1) is 19.4 Å². The lowest BCUT2D eigenvalue weighted by Gasteiger charge is -2.21. The standard InChI is InChI=1S/C11H19NO4/c1-16-7-5-10(13)12(6-4-11(14)15)8-9-2-3-9/h9H,2-8H2,1H3,(H,14,15). The molecule has 1 fully saturated rings. The van der Waals surface area contributed by atoms with Gasteiger partial charge in [0.25, 0.3) is 0 Å². The molecule has 1 aliphatic carbocycles. The summed E-state index contributed by atoms with van der Waals surface area (Å²) in [6, 6.07) is 0. The van der Waals surface area contributed by atoms with Gasteiger partial charge in [-0.15, -0.1) is 0 Å². The second-order valence-corrected chi connectivity index (χ2v) is 4.17. The minimum Gasteiger partial charge on any atom is -0.481 e. The number of methoxy groups -OCH3 is 1. The predicted octanol–water partition coefficient (Wildman–Crippen LogP) is 0.736. The van der Waals surface area contributed by atoms with Crippen LogP contribution in [0.25, 0.3) is 0 Å². The highest BCUT2D eigenvalue weighted by molar-refractivity contribution is 5.77. The number of hydrogen-bond acceptors (Lipinski definition) is 3. The molecule has 92 valence electrons. The van der Waals surface area contributed by atoms with Gasteiger partial charge in [0.1, 0.15) is 0 Å². The Morgan fingerprint density at radius 2 is 2.06 bits per heavy atom. The average molecular weight is 229 g/mol. The number of carboxylic acid groups (broad SMARTS) is 1. The van der Waals surface area contributed by atoms with E-state index in [2.05, 4.69) is 0 Å². The van der Waals surface area contributed by atoms with Crippen molar-refractivity contribution in [3.63, 3.8) is 0 Å². The number of carboxylic acids is 1. The Labute approximate surface area is 95.4 Å². The Bertz CT molecular complexity index is 250. The molecule has 0 heterocycles. The van der Waals surface area contributed by atoms with Crippen LogP contribution in [0.1, 0.15) is 25.7 Å². The van der Waals surface area contributed by atoms with Gasteiger partial charge in [0.2, 0.25) is 5.91 Å². The van der Waals surface area contributed by atoms with Crippen molar-refractivity contribution < 1.29 is 19.4 Å². The molecular formula is C11H19NO4. The molecule has 0 aromatic heterocycles. The van der Waals surface area contributed by atoms with Crippen LogP contribution in [-0.2, 0) is 14.3 Å². The molecule has 1 aliphatic rings. The summed E-state index contributed by atoms with van der Waals surface area (Å²) in [5.74, 6) is -0.282. The first-order valence-corrected chi connectivity index (χ1v) is 5.62. The topological polar surface area (TPSA) is 66.8 Å². The number of rotatable bonds is 8. The third-order valence-corrected chi connectivity index (χ3v) is 2.64. The molecule has 16 heavy (non-hydrogen) atoms. The van der Waals surface area contributed by atoms with Gasteiger partial charge >= 0.3 is 5.97 Å². The molecule has 0 aliphatic heterocycles. The van der Waals surface area contributed by atoms with Gasteiger partial charge in [-0.1, -0.05) is 0 Å². The minimum absolute atomic E-state index is 0.00463. The normalized spacial score (nSPS) is 14.8. The first kappa shape index (κ1) is 13.0. The summed E-state index contributed by atoms with van der Waals surface area (Å²) in [5.41, 5.74) is 0. The van der Waals surface area contributed by atoms with E-state index in [0.717, 1.165) is 12.8 Å². The van der Waals surface area contributed by atoms with E-state index in [1.54, 1.807) is 12.0 Å². The fraction of sp³-hybridized carbons (Fsp3) is 0.818. The van der Waals surface area contributed by atoms with Gasteiger partial charge in [0.15, 0.2) is 0 Å². The molecule has 1 saturated carbocycles. The lowest BCUT2D eigenvalue weighted by molar-refractivity contribution is -0.138. The van der Waals surface area contributed by atoms with E-state index >= 15 is 0 Å². The largest absolute Gasteiger partial charge is 0.481 e. The van der Waals surface area contributed by atoms with E-state index in [0.29, 0.717) is 32.0 Å². The monoisotopic (exact) mass is 229 g/mol. The van der Waals surface area contributed by atoms with Crippen molar-refractivity contribution in [3.05, 3.63) is 0 Å². The smallest absolute Gasteiger partial charge is 0.305 e. The van der Waals surface area contributed by atoms with Crippen LogP contribution in [0.2, 0.25) is 0 Å². The summed E-state index contributed by atoms with van der Waals surface area (Å²) in [6.45, 7) is 1.41. The molecule has 0 unspecified atom stereocenters. The second kappa shape index (κ2) is 6.48. The van der Waals surface area contributed by atoms with Gasteiger partial charge in [-0.25, -0.2) is 0 Å². The van der Waals surface area contributed by atoms with Gasteiger partial charge < -0.3 is 14.7 Å². The Kier molecular flexibility index (Phi) is 5.25. The highest BCUT2D eigenvalue weighted by Crippen LogP contribution is 2.29. The number of aliphatic carboxylic acids is 1. The number of carbonyl (C=O) groups is 2. The van der Waals surface area contributed by atoms with E-state index in [1.807, 2.05) is 0 Å². The zero-order valence-corrected chi connectivity index (χ0v) is 9.65. The molecule has 1 N–H and O–H groups in total. The van der Waals surface area contributed by atoms with Crippen LogP contribution < -0.4 is 0 Å². The Morgan fingerprint density at radius 3 is 2.56 bits per heavy atom. The van der Waals surface area contributed by atoms with Gasteiger partial charge in [0, 0.05) is 20.2 Å². The van der Waals surface area contributed by atoms with Crippen molar-refractivity contribution in [2.75, 3.05) is 26.8 Å². The number of amides is 1. The molecule has 0 atom stereocenters. The zero-order chi connectivity index (χ0) is 12.0. The van der Waals surface area contributed by atoms with E-state index in [-0.39, 0.29) is 12.3 Å². The van der Waals surface area contributed by atoms with Crippen LogP contribution >= 0.6 is 0 Å². The lowest BCUT2D eigenvalue weighted by Crippen LogP contribution is -2.35. The summed E-state index contributed by atoms with van der Waals surface area (Å²) in [7, 11) is 1.55. The van der Waals surface area contributed by atoms with Crippen molar-refractivity contribution in [2.45, 2.75) is 25.7 Å². The van der Waals surface area contributed by atoms with E-state index in [4.69, 9.17) is 9.84 Å². The molecule has 0 aromatic rings. The van der Waals surface area contributed by atoms with Crippen LogP contribution in [0.15, 0.2) is 0 Å². The molecule has 0 saturated heterocycles. The van der Waals surface area contributed by atoms with E-state index in [1.165, 1.54) is 0 Å². The zero-order valence-electron chi connectivity index (χ0n) is 9.65. The number of nitrogens with zero attached hydrogens (tertiary/aromatic N) is 1. The summed E-state index contributed by atoms with van der Waals surface area (Å²) >= 11 is 0. The maximum Gasteiger partial charge on any atom is 0.305 e. The third kappa shape index (κ3) is 5.11. The second-order valence-electron chi connectivity index (χ2n) is 4.17. The Morgan fingerprint density at radius 1 is 1.38 bits per heavy atom. The maximum atomic E-state index is 11.7. The average Bonchev–Trinajstić information content (AvgIpc) is 3.04. The molecule has 0 spiro atoms. The Hall–Kier alpha value is -1.10. The molecule has 1 amide bonds. The van der Waals surface area contributed by atoms with Crippen LogP contribution in [0.4, 0.5) is 0 Å². The fourth-order valence-corrected chi connectivity index (χ4v) is 1.51. The van der Waals surface area contributed by atoms with Gasteiger partial charge in [-0.2, -0.15) is 0 Å². The molecule has 0 bridgehead atoms. The molecule has 5 nitrogen and oxygen atoms in total. The van der Waals surface area contributed by atoms with Crippen LogP contribution in [0, 0.1) is 5.92 Å². The van der Waals surface area contributed by atoms with Crippen molar-refractivity contribution in [3.8, 4) is 0 Å². The van der Waals surface area contributed by atoms with E-state index in [9.17, 15) is 9.59 Å². The van der Waals surface area contributed by atoms with E-state index < -0.39 is 5.97 Å². The van der Waals surface area contributed by atoms with Gasteiger partial charge in [-0.3, -0.25) is 9.59 Å². The minimum atomic E-state index is -0.861. The van der Waals surface area contributed by atoms with Crippen LogP contribution in [0.3, 0.4) is 0 Å². The number of hydrogen-bond donors (Lipinski definition) is 1. The Balaban J connectivity index is 2.34. The highest BCUT2D eigenvalue weighted by atomic mass is 16.5. The SMILES string of the molecule is COCCC(=O)N(CCC(=O)O)CC1CC1. The maximum absolute atomic E-state index is 11.7. The summed E-state index contributed by atoms with van der Waals surface area (Å²) < 4.78 is 4.85. The predicted molar refractivity (Wildman–Crippen MR) is 58.0 cm³/mol. The molecular weight excluding hydrogens is 210 g/mol. The molecule has 5 heteroatoms. The quantitative estimate of drug-likeness (QED) is 0.666. The van der Waals surface area contributed by atoms with Crippen LogP contribution in [0.5, 0.6) is 0 Å². The summed E-state index contributed by atoms with van der Waals surface area (Å²) in [4.78, 5) is 23.9. The molecule has 1 rings (SSSR count). The van der Waals surface area contributed by atoms with Crippen LogP contribution in [-0.4, -0.2) is 48.7 Å². The molecule has 0 aromatic carbocycles. The summed E-state index contributed by atoms with van der Waals surface area (Å²) in [6.07, 6.45) is 2.66. The first-order chi connectivity index (χ1) is 7.63. The van der Waals surface area contributed by atoms with Crippen molar-refractivity contribution in [1.82, 2.24) is 4.90 Å². The van der Waals surface area contributed by atoms with Crippen molar-refractivity contribution in [1.29, 1.82) is 0 Å². The number of carbonyl (C=O) groups excluding carboxylic acids is 1. The van der Waals surface area contributed by atoms with Crippen molar-refractivity contribution >= 4 is 11.9 Å². The first-order valence-electron chi connectivity index (χ1n) is 5.62. The van der Waals surface area contributed by atoms with Gasteiger partial charge in [-0.05, 0) is 18.8 Å². The fourth-order valence-electron chi connectivity index (χ4n) is 1.51. The number of ether oxygens (including phenoxy) is 1. The highest BCUT2D eigenvalue weighted by Gasteiger charge is 2.26. The lowest BCUT2D eigenvalue weighted by atomic mass is 10.3. The molecule has 0 radical (unpaired) electrons.